The van der Waals surface area contributed by atoms with E-state index in [0.29, 0.717) is 5.06 Å². The lowest BCUT2D eigenvalue weighted by atomic mass is 9.80. The van der Waals surface area contributed by atoms with Gasteiger partial charge in [0.15, 0.2) is 0 Å². The molecule has 2 aliphatic carbocycles. The highest BCUT2D eigenvalue weighted by Gasteiger charge is 2.50. The molecule has 1 saturated carbocycles. The van der Waals surface area contributed by atoms with Crippen LogP contribution >= 0.6 is 0 Å². The van der Waals surface area contributed by atoms with Crippen molar-refractivity contribution in [1.29, 1.82) is 0 Å². The molecule has 0 heterocycles. The van der Waals surface area contributed by atoms with Crippen molar-refractivity contribution in [3.8, 4) is 0 Å². The number of carbonyl (C=O) groups is 2. The van der Waals surface area contributed by atoms with Crippen molar-refractivity contribution >= 4 is 11.7 Å². The Labute approximate surface area is 110 Å². The molecule has 0 aliphatic heterocycles. The molecule has 0 aromatic rings. The van der Waals surface area contributed by atoms with Crippen molar-refractivity contribution < 1.29 is 14.8 Å². The molecular formula is C14H25NO3. The molecule has 2 bridgehead atoms. The first-order valence-corrected chi connectivity index (χ1v) is 6.17. The summed E-state index contributed by atoms with van der Waals surface area (Å²) < 4.78 is 0. The number of carbonyl (C=O) groups excluding carboxylic acids is 2. The minimum Gasteiger partial charge on any atom is -0.300 e. The van der Waals surface area contributed by atoms with E-state index in [1.54, 1.807) is 0 Å². The Morgan fingerprint density at radius 2 is 1.61 bits per heavy atom. The number of allylic oxidation sites excluding steroid dienone is 2. The third-order valence-electron chi connectivity index (χ3n) is 3.53. The van der Waals surface area contributed by atoms with Crippen LogP contribution in [0.3, 0.4) is 0 Å². The van der Waals surface area contributed by atoms with Crippen LogP contribution in [-0.2, 0) is 9.59 Å². The molecule has 2 unspecified atom stereocenters. The molecular weight excluding hydrogens is 230 g/mol. The molecule has 4 nitrogen and oxygen atoms in total. The van der Waals surface area contributed by atoms with Crippen LogP contribution in [0.2, 0.25) is 0 Å². The number of hydrogen-bond donors (Lipinski definition) is 1. The smallest absolute Gasteiger partial charge is 0.250 e. The summed E-state index contributed by atoms with van der Waals surface area (Å²) in [4.78, 5) is 23.2. The number of rotatable bonds is 2. The van der Waals surface area contributed by atoms with E-state index >= 15 is 0 Å². The Balaban J connectivity index is 0.000000917. The molecule has 0 radical (unpaired) electrons. The zero-order valence-corrected chi connectivity index (χ0v) is 10.9. The van der Waals surface area contributed by atoms with Crippen molar-refractivity contribution in [3.63, 3.8) is 0 Å². The van der Waals surface area contributed by atoms with Crippen molar-refractivity contribution in [2.24, 2.45) is 23.7 Å². The molecule has 4 atom stereocenters. The lowest BCUT2D eigenvalue weighted by Gasteiger charge is -2.26. The fourth-order valence-corrected chi connectivity index (χ4v) is 2.93. The monoisotopic (exact) mass is 255 g/mol. The predicted octanol–water partition coefficient (Wildman–Crippen LogP) is 2.52. The topological polar surface area (TPSA) is 57.6 Å². The summed E-state index contributed by atoms with van der Waals surface area (Å²) in [6.45, 7) is 5.52. The number of nitrogens with zero attached hydrogens (tertiary/aromatic N) is 1. The van der Waals surface area contributed by atoms with Crippen LogP contribution < -0.4 is 0 Å². The normalized spacial score (nSPS) is 31.2. The maximum Gasteiger partial charge on any atom is 0.250 e. The summed E-state index contributed by atoms with van der Waals surface area (Å²) in [5.41, 5.74) is 0. The van der Waals surface area contributed by atoms with Gasteiger partial charge in [-0.1, -0.05) is 33.4 Å². The third-order valence-corrected chi connectivity index (χ3v) is 3.53. The van der Waals surface area contributed by atoms with Gasteiger partial charge < -0.3 is 0 Å². The second-order valence-electron chi connectivity index (χ2n) is 4.47. The number of hydroxylamine groups is 2. The van der Waals surface area contributed by atoms with E-state index in [9.17, 15) is 9.59 Å². The first-order valence-electron chi connectivity index (χ1n) is 6.17. The zero-order chi connectivity index (χ0) is 13.2. The van der Waals surface area contributed by atoms with Gasteiger partial charge in [-0.2, -0.15) is 0 Å². The van der Waals surface area contributed by atoms with Gasteiger partial charge in [0.25, 0.3) is 0 Å². The molecule has 2 rings (SSSR count). The van der Waals surface area contributed by atoms with E-state index in [1.807, 2.05) is 26.0 Å². The highest BCUT2D eigenvalue weighted by Crippen LogP contribution is 2.48. The van der Waals surface area contributed by atoms with Gasteiger partial charge in [0.05, 0.1) is 5.92 Å². The minimum absolute atomic E-state index is 0. The summed E-state index contributed by atoms with van der Waals surface area (Å²) in [7, 11) is 1.31. The number of fused-ring (bicyclic) bond motifs is 2. The average Bonchev–Trinajstić information content (AvgIpc) is 2.89. The van der Waals surface area contributed by atoms with E-state index in [4.69, 9.17) is 5.21 Å². The van der Waals surface area contributed by atoms with E-state index in [2.05, 4.69) is 0 Å². The van der Waals surface area contributed by atoms with E-state index in [-0.39, 0.29) is 42.8 Å². The summed E-state index contributed by atoms with van der Waals surface area (Å²) in [6, 6.07) is 0. The molecule has 4 heteroatoms. The Hall–Kier alpha value is -1.16. The number of hydrogen-bond acceptors (Lipinski definition) is 3. The van der Waals surface area contributed by atoms with Gasteiger partial charge in [-0.05, 0) is 25.2 Å². The molecule has 2 aliphatic rings. The van der Waals surface area contributed by atoms with E-state index in [0.717, 1.165) is 6.42 Å². The Bertz CT molecular complexity index is 336. The number of ketones is 1. The number of Topliss-reactive ketones (excluding diaryl/α,β-unsaturated/α-hetero) is 1. The molecule has 18 heavy (non-hydrogen) atoms. The molecule has 0 aromatic heterocycles. The Morgan fingerprint density at radius 3 is 2.00 bits per heavy atom. The SMILES string of the molecule is C.CC.CC(=O)[C@@H]1C2C=CC(C2)[C@@H]1C(=O)N(C)O. The predicted molar refractivity (Wildman–Crippen MR) is 71.0 cm³/mol. The van der Waals surface area contributed by atoms with Gasteiger partial charge in [-0.15, -0.1) is 0 Å². The molecule has 1 amide bonds. The molecule has 0 saturated heterocycles. The van der Waals surface area contributed by atoms with Crippen LogP contribution in [-0.4, -0.2) is 29.0 Å². The minimum atomic E-state index is -0.354. The van der Waals surface area contributed by atoms with Gasteiger partial charge in [0.1, 0.15) is 5.78 Å². The first kappa shape index (κ1) is 16.8. The summed E-state index contributed by atoms with van der Waals surface area (Å²) in [5, 5.41) is 9.76. The molecule has 1 fully saturated rings. The lowest BCUT2D eigenvalue weighted by Crippen LogP contribution is -2.39. The van der Waals surface area contributed by atoms with E-state index in [1.165, 1.54) is 14.0 Å². The largest absolute Gasteiger partial charge is 0.300 e. The maximum absolute atomic E-state index is 11.7. The number of amides is 1. The fourth-order valence-electron chi connectivity index (χ4n) is 2.93. The van der Waals surface area contributed by atoms with Crippen LogP contribution in [0.15, 0.2) is 12.2 Å². The van der Waals surface area contributed by atoms with Gasteiger partial charge in [-0.3, -0.25) is 14.8 Å². The van der Waals surface area contributed by atoms with Crippen molar-refractivity contribution in [2.45, 2.75) is 34.6 Å². The van der Waals surface area contributed by atoms with Gasteiger partial charge in [0.2, 0.25) is 5.91 Å². The Kier molecular flexibility index (Phi) is 6.26. The highest BCUT2D eigenvalue weighted by molar-refractivity contribution is 5.89. The molecule has 1 N–H and O–H groups in total. The van der Waals surface area contributed by atoms with E-state index < -0.39 is 0 Å². The molecule has 0 aromatic carbocycles. The fraction of sp³-hybridized carbons (Fsp3) is 0.714. The summed E-state index contributed by atoms with van der Waals surface area (Å²) in [5.74, 6) is -0.555. The van der Waals surface area contributed by atoms with Crippen LogP contribution in [0, 0.1) is 23.7 Å². The third kappa shape index (κ3) is 2.80. The molecule has 104 valence electrons. The maximum atomic E-state index is 11.7. The average molecular weight is 255 g/mol. The van der Waals surface area contributed by atoms with Crippen molar-refractivity contribution in [2.75, 3.05) is 7.05 Å². The van der Waals surface area contributed by atoms with Gasteiger partial charge in [0, 0.05) is 13.0 Å². The van der Waals surface area contributed by atoms with Crippen LogP contribution in [0.25, 0.3) is 0 Å². The highest BCUT2D eigenvalue weighted by atomic mass is 16.5. The van der Waals surface area contributed by atoms with Crippen LogP contribution in [0.4, 0.5) is 0 Å². The van der Waals surface area contributed by atoms with Gasteiger partial charge in [-0.25, -0.2) is 5.06 Å². The standard InChI is InChI=1S/C11H15NO3.C2H6.CH4/c1-6(13)9-7-3-4-8(5-7)10(9)11(14)12(2)15;1-2;/h3-4,7-10,15H,5H2,1-2H3;1-2H3;1H4/t7?,8?,9-,10+;;/m1../s1. The quantitative estimate of drug-likeness (QED) is 0.468. The lowest BCUT2D eigenvalue weighted by molar-refractivity contribution is -0.167. The summed E-state index contributed by atoms with van der Waals surface area (Å²) in [6.07, 6.45) is 4.89. The molecule has 0 spiro atoms. The van der Waals surface area contributed by atoms with Crippen LogP contribution in [0.5, 0.6) is 0 Å². The van der Waals surface area contributed by atoms with Crippen molar-refractivity contribution in [1.82, 2.24) is 5.06 Å². The van der Waals surface area contributed by atoms with Crippen molar-refractivity contribution in [3.05, 3.63) is 12.2 Å². The van der Waals surface area contributed by atoms with Gasteiger partial charge >= 0.3 is 0 Å². The second kappa shape index (κ2) is 6.69. The summed E-state index contributed by atoms with van der Waals surface area (Å²) >= 11 is 0. The van der Waals surface area contributed by atoms with Crippen LogP contribution in [0.1, 0.15) is 34.6 Å². The zero-order valence-electron chi connectivity index (χ0n) is 10.9. The first-order chi connectivity index (χ1) is 8.02. The second-order valence-corrected chi connectivity index (χ2v) is 4.47. The Morgan fingerprint density at radius 1 is 1.17 bits per heavy atom.